The first-order chi connectivity index (χ1) is 33.3. The first-order valence-electron chi connectivity index (χ1n) is 23.0. The predicted molar refractivity (Wildman–Crippen MR) is 254 cm³/mol. The van der Waals surface area contributed by atoms with Gasteiger partial charge in [-0.3, -0.25) is 48.0 Å². The Kier molecular flexibility index (Phi) is 17.0. The predicted octanol–water partition coefficient (Wildman–Crippen LogP) is 3.99. The number of nitrogens with zero attached hydrogens (tertiary/aromatic N) is 5. The van der Waals surface area contributed by atoms with Crippen LogP contribution in [0.25, 0.3) is 0 Å². The maximum atomic E-state index is 13.2. The molecule has 2 atom stereocenters. The number of piperazine rings is 1. The van der Waals surface area contributed by atoms with Gasteiger partial charge in [0.25, 0.3) is 17.7 Å². The molecule has 0 saturated carbocycles. The summed E-state index contributed by atoms with van der Waals surface area (Å²) in [4.78, 5) is 102. The van der Waals surface area contributed by atoms with Gasteiger partial charge >= 0.3 is 0 Å². The number of hydrogen-bond donors (Lipinski definition) is 5. The number of piperidine rings is 1. The first kappa shape index (κ1) is 49.6. The molecular weight excluding hydrogens is 909 g/mol. The molecule has 364 valence electrons. The zero-order valence-corrected chi connectivity index (χ0v) is 39.1. The van der Waals surface area contributed by atoms with Crippen LogP contribution >= 0.6 is 0 Å². The third-order valence-corrected chi connectivity index (χ3v) is 12.6. The zero-order valence-electron chi connectivity index (χ0n) is 38.3. The number of rotatable bonds is 22. The number of aromatic nitrogens is 2. The Morgan fingerprint density at radius 2 is 1.51 bits per heavy atom. The molecule has 4 heterocycles. The quantitative estimate of drug-likeness (QED) is 0.0424. The smallest absolute Gasteiger partial charge is 0.266 e. The molecule has 3 aromatic carbocycles. The summed E-state index contributed by atoms with van der Waals surface area (Å²) in [5, 5.41) is 14.3. The molecule has 3 aliphatic rings. The van der Waals surface area contributed by atoms with Gasteiger partial charge in [-0.25, -0.2) is 4.98 Å². The van der Waals surface area contributed by atoms with Gasteiger partial charge in [0.05, 0.1) is 11.1 Å². The van der Waals surface area contributed by atoms with E-state index in [0.717, 1.165) is 60.4 Å². The Balaban J connectivity index is 0.704. The Labute approximate surface area is 401 Å². The maximum Gasteiger partial charge on any atom is 0.266 e. The van der Waals surface area contributed by atoms with Crippen molar-refractivity contribution in [3.63, 3.8) is 0 Å². The second-order valence-corrected chi connectivity index (χ2v) is 17.8. The van der Waals surface area contributed by atoms with E-state index in [0.29, 0.717) is 56.7 Å². The zero-order chi connectivity index (χ0) is 48.9. The van der Waals surface area contributed by atoms with Crippen molar-refractivity contribution in [2.24, 2.45) is 0 Å². The van der Waals surface area contributed by atoms with Crippen molar-refractivity contribution in [1.82, 2.24) is 35.7 Å². The standard InChI is InChI=1S/C48H56N10O10S/c1-31-29-51-48(55-44(31)52-33-10-8-11-35(28-33)69(66)67)53-32-14-16-34(17-15-32)56-24-26-57(27-25-56)42(62)21-20-39(59)49-22-6-4-2-3-5-7-23-50-41(61)30-68-38-13-9-12-36-43(38)47(65)58(46(36)64)37-18-19-40(60)54-45(37)63/h8-17,28-29,37H,2-7,18-27,30H2,1H3,(H,49,59)(H,50,61)(H,66,67)(H,54,60,63)(H2,51,52,53,55)/p-1. The highest BCUT2D eigenvalue weighted by Gasteiger charge is 2.46. The van der Waals surface area contributed by atoms with Gasteiger partial charge in [0.1, 0.15) is 17.6 Å². The maximum absolute atomic E-state index is 13.2. The molecule has 0 spiro atoms. The van der Waals surface area contributed by atoms with E-state index in [-0.39, 0.29) is 71.8 Å². The minimum Gasteiger partial charge on any atom is -0.768 e. The number of fused-ring (bicyclic) bond motifs is 1. The number of nitrogens with one attached hydrogen (secondary N) is 5. The highest BCUT2D eigenvalue weighted by atomic mass is 32.2. The van der Waals surface area contributed by atoms with Crippen LogP contribution in [0.3, 0.4) is 0 Å². The van der Waals surface area contributed by atoms with Crippen molar-refractivity contribution in [3.8, 4) is 5.75 Å². The Bertz CT molecular complexity index is 2590. The lowest BCUT2D eigenvalue weighted by Crippen LogP contribution is -2.54. The van der Waals surface area contributed by atoms with Crippen LogP contribution in [-0.2, 0) is 35.1 Å². The molecule has 2 fully saturated rings. The summed E-state index contributed by atoms with van der Waals surface area (Å²) in [5.74, 6) is -2.12. The van der Waals surface area contributed by atoms with Gasteiger partial charge in [-0.05, 0) is 91.9 Å². The molecule has 2 saturated heterocycles. The number of benzene rings is 3. The molecule has 1 aromatic heterocycles. The van der Waals surface area contributed by atoms with Crippen molar-refractivity contribution in [2.75, 3.05) is 61.4 Å². The van der Waals surface area contributed by atoms with Gasteiger partial charge in [0.2, 0.25) is 29.6 Å². The van der Waals surface area contributed by atoms with E-state index in [1.165, 1.54) is 30.3 Å². The van der Waals surface area contributed by atoms with Crippen LogP contribution in [0.1, 0.15) is 90.5 Å². The summed E-state index contributed by atoms with van der Waals surface area (Å²) in [7, 11) is 0. The van der Waals surface area contributed by atoms with Crippen LogP contribution in [0.5, 0.6) is 5.75 Å². The van der Waals surface area contributed by atoms with Gasteiger partial charge < -0.3 is 40.4 Å². The Hall–Kier alpha value is -7.26. The van der Waals surface area contributed by atoms with Crippen molar-refractivity contribution in [1.29, 1.82) is 0 Å². The number of carbonyl (C=O) groups excluding carboxylic acids is 7. The van der Waals surface area contributed by atoms with E-state index in [1.807, 2.05) is 31.2 Å². The molecule has 7 amide bonds. The van der Waals surface area contributed by atoms with E-state index in [9.17, 15) is 42.3 Å². The van der Waals surface area contributed by atoms with E-state index in [2.05, 4.69) is 41.5 Å². The number of ether oxygens (including phenoxy) is 1. The second kappa shape index (κ2) is 23.6. The number of hydrogen-bond acceptors (Lipinski definition) is 15. The van der Waals surface area contributed by atoms with Crippen LogP contribution in [-0.4, -0.2) is 122 Å². The summed E-state index contributed by atoms with van der Waals surface area (Å²) in [5.41, 5.74) is 3.23. The number of unbranched alkanes of at least 4 members (excludes halogenated alkanes) is 5. The average molecular weight is 964 g/mol. The van der Waals surface area contributed by atoms with Gasteiger partial charge in [-0.15, -0.1) is 0 Å². The summed E-state index contributed by atoms with van der Waals surface area (Å²) in [6, 6.07) is 17.7. The van der Waals surface area contributed by atoms with Crippen molar-refractivity contribution in [3.05, 3.63) is 89.6 Å². The summed E-state index contributed by atoms with van der Waals surface area (Å²) in [6.07, 6.45) is 7.34. The fourth-order valence-electron chi connectivity index (χ4n) is 8.22. The van der Waals surface area contributed by atoms with Crippen LogP contribution in [0.15, 0.2) is 77.8 Å². The van der Waals surface area contributed by atoms with Gasteiger partial charge in [-0.2, -0.15) is 4.98 Å². The Morgan fingerprint density at radius 3 is 2.22 bits per heavy atom. The van der Waals surface area contributed by atoms with E-state index >= 15 is 0 Å². The van der Waals surface area contributed by atoms with Crippen LogP contribution < -0.4 is 36.2 Å². The van der Waals surface area contributed by atoms with Crippen molar-refractivity contribution in [2.45, 2.75) is 82.1 Å². The van der Waals surface area contributed by atoms with Gasteiger partial charge in [-0.1, -0.05) is 37.8 Å². The van der Waals surface area contributed by atoms with Crippen LogP contribution in [0.4, 0.5) is 28.8 Å². The second-order valence-electron chi connectivity index (χ2n) is 16.9. The lowest BCUT2D eigenvalue weighted by atomic mass is 10.0. The SMILES string of the molecule is Cc1cnc(Nc2ccc(N3CCN(C(=O)CCC(=O)NCCCCCCCCNC(=O)COc4cccc5c4C(=O)N(C4CCC(=O)NC4=O)C5=O)CC3)cc2)nc1Nc1cccc(S(=O)[O-])c1. The monoisotopic (exact) mass is 963 g/mol. The summed E-state index contributed by atoms with van der Waals surface area (Å²) in [6.45, 7) is 4.90. The Morgan fingerprint density at radius 1 is 0.812 bits per heavy atom. The fraction of sp³-hybridized carbons (Fsp3) is 0.396. The molecule has 5 N–H and O–H groups in total. The fourth-order valence-corrected chi connectivity index (χ4v) is 8.63. The van der Waals surface area contributed by atoms with Crippen LogP contribution in [0, 0.1) is 6.92 Å². The van der Waals surface area contributed by atoms with E-state index < -0.39 is 40.8 Å². The van der Waals surface area contributed by atoms with Gasteiger partial charge in [0.15, 0.2) is 6.61 Å². The molecule has 3 aliphatic heterocycles. The highest BCUT2D eigenvalue weighted by molar-refractivity contribution is 7.79. The molecule has 69 heavy (non-hydrogen) atoms. The number of anilines is 5. The number of carbonyl (C=O) groups is 7. The molecule has 0 bridgehead atoms. The summed E-state index contributed by atoms with van der Waals surface area (Å²) < 4.78 is 28.4. The topological polar surface area (TPSA) is 264 Å². The number of amides is 7. The molecule has 4 aromatic rings. The molecule has 0 radical (unpaired) electrons. The van der Waals surface area contributed by atoms with Crippen LogP contribution in [0.2, 0.25) is 0 Å². The molecule has 7 rings (SSSR count). The normalized spacial score (nSPS) is 16.1. The minimum atomic E-state index is -2.34. The first-order valence-corrected chi connectivity index (χ1v) is 24.1. The van der Waals surface area contributed by atoms with Gasteiger partial charge in [0, 0.05) is 92.2 Å². The molecule has 2 unspecified atom stereocenters. The molecular formula is C48H55N10O10S-. The lowest BCUT2D eigenvalue weighted by molar-refractivity contribution is -0.136. The molecule has 20 nitrogen and oxygen atoms in total. The number of imide groups is 2. The molecule has 21 heteroatoms. The van der Waals surface area contributed by atoms with E-state index in [1.54, 1.807) is 23.2 Å². The lowest BCUT2D eigenvalue weighted by Gasteiger charge is -2.36. The minimum absolute atomic E-state index is 0.00889. The number of aryl methyl sites for hydroxylation is 1. The van der Waals surface area contributed by atoms with Crippen molar-refractivity contribution >= 4 is 81.3 Å². The largest absolute Gasteiger partial charge is 0.768 e. The van der Waals surface area contributed by atoms with Crippen molar-refractivity contribution < 1.29 is 47.1 Å². The van der Waals surface area contributed by atoms with E-state index in [4.69, 9.17) is 4.74 Å². The summed E-state index contributed by atoms with van der Waals surface area (Å²) >= 11 is -2.34. The third kappa shape index (κ3) is 13.3. The average Bonchev–Trinajstić information content (AvgIpc) is 3.60. The molecule has 0 aliphatic carbocycles. The third-order valence-electron chi connectivity index (χ3n) is 12.0. The highest BCUT2D eigenvalue weighted by Crippen LogP contribution is 2.34.